The minimum Gasteiger partial charge on any atom is -0.309 e. The highest BCUT2D eigenvalue weighted by molar-refractivity contribution is 6.28. The van der Waals surface area contributed by atoms with Gasteiger partial charge < -0.3 is 4.57 Å². The number of benzene rings is 5. The molecule has 0 bridgehead atoms. The van der Waals surface area contributed by atoms with E-state index in [-0.39, 0.29) is 5.28 Å². The highest BCUT2D eigenvalue weighted by Crippen LogP contribution is 2.35. The van der Waals surface area contributed by atoms with Crippen molar-refractivity contribution in [1.29, 1.82) is 0 Å². The molecule has 0 aliphatic carbocycles. The van der Waals surface area contributed by atoms with Crippen LogP contribution in [-0.2, 0) is 0 Å². The molecule has 0 unspecified atom stereocenters. The summed E-state index contributed by atoms with van der Waals surface area (Å²) in [4.78, 5) is 13.5. The molecule has 0 saturated heterocycles. The predicted molar refractivity (Wildman–Crippen MR) is 148 cm³/mol. The molecule has 5 aromatic carbocycles. The molecule has 36 heavy (non-hydrogen) atoms. The van der Waals surface area contributed by atoms with Crippen LogP contribution in [0.1, 0.15) is 0 Å². The van der Waals surface area contributed by atoms with Crippen molar-refractivity contribution in [2.24, 2.45) is 0 Å². The molecular weight excluding hydrogens is 464 g/mol. The maximum atomic E-state index is 6.31. The summed E-state index contributed by atoms with van der Waals surface area (Å²) < 4.78 is 2.35. The average Bonchev–Trinajstić information content (AvgIpc) is 3.27. The lowest BCUT2D eigenvalue weighted by atomic mass is 10.0. The molecule has 0 fully saturated rings. The van der Waals surface area contributed by atoms with E-state index in [0.717, 1.165) is 27.6 Å². The molecule has 0 saturated carbocycles. The van der Waals surface area contributed by atoms with Gasteiger partial charge in [0.1, 0.15) is 0 Å². The van der Waals surface area contributed by atoms with E-state index >= 15 is 0 Å². The van der Waals surface area contributed by atoms with Gasteiger partial charge in [-0.3, -0.25) is 0 Å². The standard InChI is InChI=1S/C31H19ClN4/c32-31-34-29(20-9-2-1-3-10-20)33-30(35-31)22-17-18-23-21(19-22)11-8-16-26(23)36-27-14-6-4-12-24(27)25-13-5-7-15-28(25)36/h1-19H. The van der Waals surface area contributed by atoms with Gasteiger partial charge in [-0.25, -0.2) is 4.98 Å². The Morgan fingerprint density at radius 2 is 1.14 bits per heavy atom. The van der Waals surface area contributed by atoms with Gasteiger partial charge in [0.05, 0.1) is 16.7 Å². The lowest BCUT2D eigenvalue weighted by molar-refractivity contribution is 1.07. The number of aromatic nitrogens is 4. The van der Waals surface area contributed by atoms with Crippen molar-refractivity contribution in [2.45, 2.75) is 0 Å². The van der Waals surface area contributed by atoms with Crippen LogP contribution in [-0.4, -0.2) is 19.5 Å². The van der Waals surface area contributed by atoms with Crippen molar-refractivity contribution in [3.05, 3.63) is 121 Å². The van der Waals surface area contributed by atoms with Crippen molar-refractivity contribution in [2.75, 3.05) is 0 Å². The van der Waals surface area contributed by atoms with Crippen LogP contribution in [0.15, 0.2) is 115 Å². The van der Waals surface area contributed by atoms with Gasteiger partial charge >= 0.3 is 0 Å². The average molecular weight is 483 g/mol. The molecule has 5 heteroatoms. The van der Waals surface area contributed by atoms with Crippen LogP contribution in [0.4, 0.5) is 0 Å². The largest absolute Gasteiger partial charge is 0.309 e. The molecule has 0 atom stereocenters. The zero-order valence-corrected chi connectivity index (χ0v) is 19.9. The minimum absolute atomic E-state index is 0.179. The Kier molecular flexibility index (Phi) is 4.79. The molecule has 170 valence electrons. The molecule has 2 aromatic heterocycles. The summed E-state index contributed by atoms with van der Waals surface area (Å²) in [6.07, 6.45) is 0. The molecular formula is C31H19ClN4. The van der Waals surface area contributed by atoms with Crippen LogP contribution in [0.2, 0.25) is 5.28 Å². The molecule has 0 radical (unpaired) electrons. The Morgan fingerprint density at radius 3 is 1.86 bits per heavy atom. The summed E-state index contributed by atoms with van der Waals surface area (Å²) in [5.41, 5.74) is 5.30. The van der Waals surface area contributed by atoms with Crippen molar-refractivity contribution >= 4 is 44.2 Å². The summed E-state index contributed by atoms with van der Waals surface area (Å²) in [6, 6.07) is 39.6. The van der Waals surface area contributed by atoms with Crippen LogP contribution < -0.4 is 0 Å². The van der Waals surface area contributed by atoms with E-state index in [2.05, 4.69) is 99.5 Å². The number of halogens is 1. The van der Waals surface area contributed by atoms with Crippen LogP contribution in [0.3, 0.4) is 0 Å². The van der Waals surface area contributed by atoms with E-state index in [4.69, 9.17) is 16.6 Å². The fourth-order valence-corrected chi connectivity index (χ4v) is 5.14. The van der Waals surface area contributed by atoms with Gasteiger partial charge in [-0.15, -0.1) is 0 Å². The fourth-order valence-electron chi connectivity index (χ4n) is 4.98. The summed E-state index contributed by atoms with van der Waals surface area (Å²) in [7, 11) is 0. The Morgan fingerprint density at radius 1 is 0.500 bits per heavy atom. The topological polar surface area (TPSA) is 43.6 Å². The van der Waals surface area contributed by atoms with Crippen LogP contribution >= 0.6 is 11.6 Å². The van der Waals surface area contributed by atoms with E-state index in [1.807, 2.05) is 30.3 Å². The van der Waals surface area contributed by atoms with Gasteiger partial charge in [-0.05, 0) is 41.3 Å². The Hall–Kier alpha value is -4.54. The molecule has 0 N–H and O–H groups in total. The molecule has 0 aliphatic rings. The first-order valence-electron chi connectivity index (χ1n) is 11.7. The third kappa shape index (κ3) is 3.35. The zero-order valence-electron chi connectivity index (χ0n) is 19.1. The van der Waals surface area contributed by atoms with Crippen molar-refractivity contribution in [1.82, 2.24) is 19.5 Å². The molecule has 7 aromatic rings. The zero-order chi connectivity index (χ0) is 24.1. The highest BCUT2D eigenvalue weighted by atomic mass is 35.5. The highest BCUT2D eigenvalue weighted by Gasteiger charge is 2.15. The molecule has 4 nitrogen and oxygen atoms in total. The van der Waals surface area contributed by atoms with Gasteiger partial charge in [-0.1, -0.05) is 91.0 Å². The SMILES string of the molecule is Clc1nc(-c2ccccc2)nc(-c2ccc3c(-n4c5ccccc5c5ccccc54)cccc3c2)n1. The minimum atomic E-state index is 0.179. The molecule has 0 spiro atoms. The fraction of sp³-hybridized carbons (Fsp3) is 0. The molecule has 7 rings (SSSR count). The third-order valence-electron chi connectivity index (χ3n) is 6.58. The van der Waals surface area contributed by atoms with Gasteiger partial charge in [0, 0.05) is 27.3 Å². The van der Waals surface area contributed by atoms with E-state index in [9.17, 15) is 0 Å². The second-order valence-corrected chi connectivity index (χ2v) is 9.04. The number of nitrogens with zero attached hydrogens (tertiary/aromatic N) is 4. The van der Waals surface area contributed by atoms with E-state index in [1.54, 1.807) is 0 Å². The third-order valence-corrected chi connectivity index (χ3v) is 6.75. The van der Waals surface area contributed by atoms with Gasteiger partial charge in [0.15, 0.2) is 11.6 Å². The Labute approximate surface area is 212 Å². The summed E-state index contributed by atoms with van der Waals surface area (Å²) in [5.74, 6) is 1.11. The molecule has 0 aliphatic heterocycles. The second kappa shape index (κ2) is 8.29. The van der Waals surface area contributed by atoms with Gasteiger partial charge in [0.2, 0.25) is 5.28 Å². The number of rotatable bonds is 3. The van der Waals surface area contributed by atoms with E-state index < -0.39 is 0 Å². The van der Waals surface area contributed by atoms with Crippen LogP contribution in [0, 0.1) is 0 Å². The number of hydrogen-bond acceptors (Lipinski definition) is 3. The first-order valence-corrected chi connectivity index (χ1v) is 12.1. The monoisotopic (exact) mass is 482 g/mol. The molecule has 2 heterocycles. The van der Waals surface area contributed by atoms with Crippen LogP contribution in [0.25, 0.3) is 61.0 Å². The van der Waals surface area contributed by atoms with Crippen molar-refractivity contribution < 1.29 is 0 Å². The lowest BCUT2D eigenvalue weighted by Gasteiger charge is -2.12. The summed E-state index contributed by atoms with van der Waals surface area (Å²) in [6.45, 7) is 0. The Bertz CT molecular complexity index is 1850. The van der Waals surface area contributed by atoms with E-state index in [1.165, 1.54) is 21.8 Å². The van der Waals surface area contributed by atoms with Gasteiger partial charge in [-0.2, -0.15) is 9.97 Å². The van der Waals surface area contributed by atoms with Crippen molar-refractivity contribution in [3.8, 4) is 28.5 Å². The Balaban J connectivity index is 1.42. The predicted octanol–water partition coefficient (Wildman–Crippen LogP) is 8.11. The number of hydrogen-bond donors (Lipinski definition) is 0. The number of fused-ring (bicyclic) bond motifs is 4. The first-order chi connectivity index (χ1) is 17.8. The maximum Gasteiger partial charge on any atom is 0.226 e. The quantitative estimate of drug-likeness (QED) is 0.255. The molecule has 0 amide bonds. The summed E-state index contributed by atoms with van der Waals surface area (Å²) in [5, 5.41) is 4.92. The first kappa shape index (κ1) is 20.8. The summed E-state index contributed by atoms with van der Waals surface area (Å²) >= 11 is 6.31. The van der Waals surface area contributed by atoms with Gasteiger partial charge in [0.25, 0.3) is 0 Å². The van der Waals surface area contributed by atoms with Crippen LogP contribution in [0.5, 0.6) is 0 Å². The smallest absolute Gasteiger partial charge is 0.226 e. The maximum absolute atomic E-state index is 6.31. The van der Waals surface area contributed by atoms with E-state index in [0.29, 0.717) is 11.6 Å². The van der Waals surface area contributed by atoms with Crippen molar-refractivity contribution in [3.63, 3.8) is 0 Å². The number of para-hydroxylation sites is 2. The second-order valence-electron chi connectivity index (χ2n) is 8.70. The lowest BCUT2D eigenvalue weighted by Crippen LogP contribution is -1.98. The normalized spacial score (nSPS) is 11.5.